The fraction of sp³-hybridized carbons (Fsp3) is 0.400. The first kappa shape index (κ1) is 36.3. The molecule has 5 amide bonds. The third-order valence-electron chi connectivity index (χ3n) is 7.28. The smallest absolute Gasteiger partial charge is 0.303 e. The van der Waals surface area contributed by atoms with E-state index < -0.39 is 82.4 Å². The molecule has 1 aliphatic heterocycles. The van der Waals surface area contributed by atoms with Gasteiger partial charge in [0.2, 0.25) is 23.6 Å². The van der Waals surface area contributed by atoms with Gasteiger partial charge in [0.05, 0.1) is 9.95 Å². The maximum absolute atomic E-state index is 13.6. The van der Waals surface area contributed by atoms with Gasteiger partial charge in [-0.1, -0.05) is 25.4 Å². The molecule has 252 valence electrons. The highest BCUT2D eigenvalue weighted by Crippen LogP contribution is 2.28. The lowest BCUT2D eigenvalue weighted by Crippen LogP contribution is -2.57. The topological polar surface area (TPSA) is 217 Å². The monoisotopic (exact) mass is 676 g/mol. The summed E-state index contributed by atoms with van der Waals surface area (Å²) >= 11 is 5.77. The molecule has 1 fully saturated rings. The van der Waals surface area contributed by atoms with Crippen LogP contribution in [0.4, 0.5) is 21.5 Å². The van der Waals surface area contributed by atoms with E-state index in [4.69, 9.17) is 11.6 Å². The number of nitro benzene ring substituents is 1. The van der Waals surface area contributed by atoms with Crippen molar-refractivity contribution in [1.82, 2.24) is 15.5 Å². The zero-order valence-corrected chi connectivity index (χ0v) is 26.4. The first-order chi connectivity index (χ1) is 22.1. The molecule has 1 saturated heterocycles. The molecule has 15 nitrogen and oxygen atoms in total. The van der Waals surface area contributed by atoms with Crippen molar-refractivity contribution < 1.29 is 43.2 Å². The molecular weight excluding hydrogens is 643 g/mol. The Hall–Kier alpha value is -5.12. The van der Waals surface area contributed by atoms with Crippen LogP contribution in [0.2, 0.25) is 5.02 Å². The number of amides is 5. The van der Waals surface area contributed by atoms with Crippen LogP contribution in [0.25, 0.3) is 0 Å². The Labute approximate surface area is 273 Å². The third kappa shape index (κ3) is 9.68. The van der Waals surface area contributed by atoms with E-state index in [0.717, 1.165) is 31.2 Å². The number of benzene rings is 2. The molecule has 47 heavy (non-hydrogen) atoms. The van der Waals surface area contributed by atoms with Gasteiger partial charge in [-0.3, -0.25) is 38.9 Å². The molecule has 0 bridgehead atoms. The van der Waals surface area contributed by atoms with Crippen LogP contribution in [0.5, 0.6) is 0 Å². The summed E-state index contributed by atoms with van der Waals surface area (Å²) in [5, 5.41) is 30.2. The average Bonchev–Trinajstić information content (AvgIpc) is 3.48. The van der Waals surface area contributed by atoms with E-state index >= 15 is 0 Å². The number of hydrogen-bond acceptors (Lipinski definition) is 8. The zero-order valence-electron chi connectivity index (χ0n) is 25.7. The van der Waals surface area contributed by atoms with E-state index in [1.54, 1.807) is 13.8 Å². The second-order valence-corrected chi connectivity index (χ2v) is 11.6. The molecule has 3 rings (SSSR count). The molecule has 0 spiro atoms. The lowest BCUT2D eigenvalue weighted by molar-refractivity contribution is -0.383. The summed E-state index contributed by atoms with van der Waals surface area (Å²) in [5.41, 5.74) is -0.510. The Morgan fingerprint density at radius 2 is 1.77 bits per heavy atom. The van der Waals surface area contributed by atoms with Crippen LogP contribution in [-0.2, 0) is 24.0 Å². The fourth-order valence-corrected chi connectivity index (χ4v) is 5.13. The highest BCUT2D eigenvalue weighted by molar-refractivity contribution is 6.31. The SMILES string of the molecule is CC(=O)Nc1cc(C(=O)N2CCC[C@H]2C(=O)N[C@@H](C(=O)N[C@@H](CCC(=O)O)C(=O)Nc2ccc(F)c(Cl)c2)C(C)C)ccc1[N+](=O)[O-]. The van der Waals surface area contributed by atoms with Gasteiger partial charge in [0.15, 0.2) is 0 Å². The molecule has 0 saturated carbocycles. The van der Waals surface area contributed by atoms with E-state index in [2.05, 4.69) is 21.3 Å². The Bertz CT molecular complexity index is 1590. The normalized spacial score (nSPS) is 15.4. The van der Waals surface area contributed by atoms with Gasteiger partial charge < -0.3 is 31.3 Å². The Kier molecular flexibility index (Phi) is 12.3. The van der Waals surface area contributed by atoms with Gasteiger partial charge >= 0.3 is 5.97 Å². The van der Waals surface area contributed by atoms with Crippen molar-refractivity contribution in [2.45, 2.75) is 64.6 Å². The predicted molar refractivity (Wildman–Crippen MR) is 167 cm³/mol. The van der Waals surface area contributed by atoms with Crippen molar-refractivity contribution >= 4 is 64.2 Å². The highest BCUT2D eigenvalue weighted by atomic mass is 35.5. The van der Waals surface area contributed by atoms with Crippen molar-refractivity contribution in [2.75, 3.05) is 17.2 Å². The number of rotatable bonds is 13. The first-order valence-electron chi connectivity index (χ1n) is 14.5. The van der Waals surface area contributed by atoms with E-state index in [-0.39, 0.29) is 41.3 Å². The number of halogens is 2. The lowest BCUT2D eigenvalue weighted by atomic mass is 10.0. The molecule has 0 aromatic heterocycles. The van der Waals surface area contributed by atoms with Crippen LogP contribution in [-0.4, -0.2) is 75.1 Å². The third-order valence-corrected chi connectivity index (χ3v) is 7.57. The second-order valence-electron chi connectivity index (χ2n) is 11.2. The predicted octanol–water partition coefficient (Wildman–Crippen LogP) is 3.08. The van der Waals surface area contributed by atoms with E-state index in [1.807, 2.05) is 0 Å². The van der Waals surface area contributed by atoms with Crippen molar-refractivity contribution in [3.8, 4) is 0 Å². The number of carboxylic acid groups (broad SMARTS) is 1. The zero-order chi connectivity index (χ0) is 35.0. The number of anilines is 2. The molecule has 5 N–H and O–H groups in total. The number of likely N-dealkylation sites (tertiary alicyclic amines) is 1. The number of nitrogens with one attached hydrogen (secondary N) is 4. The molecule has 2 aromatic carbocycles. The maximum Gasteiger partial charge on any atom is 0.303 e. The van der Waals surface area contributed by atoms with Gasteiger partial charge in [-0.25, -0.2) is 4.39 Å². The number of carbonyl (C=O) groups excluding carboxylic acids is 5. The van der Waals surface area contributed by atoms with Gasteiger partial charge in [-0.05, 0) is 55.5 Å². The summed E-state index contributed by atoms with van der Waals surface area (Å²) in [6.45, 7) is 4.60. The molecule has 2 aromatic rings. The molecule has 17 heteroatoms. The van der Waals surface area contributed by atoms with Crippen LogP contribution >= 0.6 is 11.6 Å². The van der Waals surface area contributed by atoms with Crippen molar-refractivity contribution in [3.05, 3.63) is 62.9 Å². The quantitative estimate of drug-likeness (QED) is 0.155. The van der Waals surface area contributed by atoms with Gasteiger partial charge in [0.1, 0.15) is 29.6 Å². The number of carboxylic acids is 1. The first-order valence-corrected chi connectivity index (χ1v) is 14.9. The molecule has 0 radical (unpaired) electrons. The minimum absolute atomic E-state index is 0.00747. The molecular formula is C30H34ClFN6O9. The highest BCUT2D eigenvalue weighted by Gasteiger charge is 2.38. The summed E-state index contributed by atoms with van der Waals surface area (Å²) in [4.78, 5) is 88.1. The minimum Gasteiger partial charge on any atom is -0.481 e. The largest absolute Gasteiger partial charge is 0.481 e. The van der Waals surface area contributed by atoms with Crippen molar-refractivity contribution in [1.29, 1.82) is 0 Å². The minimum atomic E-state index is -1.36. The number of aliphatic carboxylic acids is 1. The van der Waals surface area contributed by atoms with Crippen molar-refractivity contribution in [2.24, 2.45) is 5.92 Å². The van der Waals surface area contributed by atoms with Crippen LogP contribution in [0.3, 0.4) is 0 Å². The van der Waals surface area contributed by atoms with Gasteiger partial charge in [0.25, 0.3) is 11.6 Å². The van der Waals surface area contributed by atoms with Gasteiger partial charge in [-0.15, -0.1) is 0 Å². The molecule has 1 aliphatic rings. The van der Waals surface area contributed by atoms with Gasteiger partial charge in [0, 0.05) is 37.2 Å². The standard InChI is InChI=1S/C30H34ClFN6O9/c1-15(2)26(29(44)35-21(9-11-25(40)41)27(42)34-18-7-8-20(32)19(31)14-18)36-28(43)24-5-4-12-37(24)30(45)17-6-10-23(38(46)47)22(13-17)33-16(3)39/h6-8,10,13-15,21,24,26H,4-5,9,11-12H2,1-3H3,(H,33,39)(H,34,42)(H,35,44)(H,36,43)(H,40,41)/t21-,24-,26+/m0/s1. The maximum atomic E-state index is 13.6. The molecule has 0 unspecified atom stereocenters. The Morgan fingerprint density at radius 3 is 2.36 bits per heavy atom. The Balaban J connectivity index is 1.77. The van der Waals surface area contributed by atoms with Crippen molar-refractivity contribution in [3.63, 3.8) is 0 Å². The lowest BCUT2D eigenvalue weighted by Gasteiger charge is -2.29. The van der Waals surface area contributed by atoms with E-state index in [9.17, 15) is 48.4 Å². The number of nitrogens with zero attached hydrogens (tertiary/aromatic N) is 2. The second kappa shape index (κ2) is 15.9. The Morgan fingerprint density at radius 1 is 1.06 bits per heavy atom. The summed E-state index contributed by atoms with van der Waals surface area (Å²) in [6.07, 6.45) is -0.0912. The van der Waals surface area contributed by atoms with E-state index in [1.165, 1.54) is 17.0 Å². The number of carbonyl (C=O) groups is 6. The van der Waals surface area contributed by atoms with E-state index in [0.29, 0.717) is 6.42 Å². The molecule has 1 heterocycles. The van der Waals surface area contributed by atoms with Crippen LogP contribution < -0.4 is 21.3 Å². The number of nitro groups is 1. The van der Waals surface area contributed by atoms with Crippen LogP contribution in [0.15, 0.2) is 36.4 Å². The summed E-state index contributed by atoms with van der Waals surface area (Å²) in [6, 6.07) is 3.28. The molecule has 3 atom stereocenters. The van der Waals surface area contributed by atoms with Gasteiger partial charge in [-0.2, -0.15) is 0 Å². The summed E-state index contributed by atoms with van der Waals surface area (Å²) in [7, 11) is 0. The number of hydrogen-bond donors (Lipinski definition) is 5. The average molecular weight is 677 g/mol. The fourth-order valence-electron chi connectivity index (χ4n) is 4.95. The molecule has 0 aliphatic carbocycles. The summed E-state index contributed by atoms with van der Waals surface area (Å²) in [5.74, 6) is -5.93. The van der Waals surface area contributed by atoms with Crippen LogP contribution in [0.1, 0.15) is 56.8 Å². The van der Waals surface area contributed by atoms with Crippen LogP contribution in [0, 0.1) is 21.8 Å². The summed E-state index contributed by atoms with van der Waals surface area (Å²) < 4.78 is 13.6.